The van der Waals surface area contributed by atoms with Gasteiger partial charge in [0.25, 0.3) is 11.8 Å². The number of hydrogen-bond donors (Lipinski definition) is 1. The number of aryl methyl sites for hydroxylation is 2. The van der Waals surface area contributed by atoms with Gasteiger partial charge in [-0.3, -0.25) is 19.8 Å². The van der Waals surface area contributed by atoms with Crippen molar-refractivity contribution in [2.45, 2.75) is 47.1 Å². The molecular weight excluding hydrogens is 430 g/mol. The molecule has 0 aromatic heterocycles. The number of rotatable bonds is 3. The van der Waals surface area contributed by atoms with Gasteiger partial charge in [-0.15, -0.1) is 0 Å². The van der Waals surface area contributed by atoms with Crippen LogP contribution in [0.3, 0.4) is 0 Å². The van der Waals surface area contributed by atoms with E-state index < -0.39 is 11.8 Å². The molecule has 2 aliphatic heterocycles. The fourth-order valence-electron chi connectivity index (χ4n) is 4.79. The van der Waals surface area contributed by atoms with E-state index in [0.29, 0.717) is 5.69 Å². The van der Waals surface area contributed by atoms with E-state index in [1.807, 2.05) is 38.1 Å². The number of carbonyl (C=O) groups is 2. The zero-order chi connectivity index (χ0) is 24.1. The average Bonchev–Trinajstić information content (AvgIpc) is 2.71. The van der Waals surface area contributed by atoms with Crippen LogP contribution in [0.2, 0.25) is 0 Å². The van der Waals surface area contributed by atoms with Crippen LogP contribution in [-0.2, 0) is 9.59 Å². The number of carbonyl (C=O) groups excluding carboxylic acids is 2. The molecule has 0 spiro atoms. The van der Waals surface area contributed by atoms with Gasteiger partial charge in [0, 0.05) is 17.8 Å². The lowest BCUT2D eigenvalue weighted by Gasteiger charge is -2.43. The van der Waals surface area contributed by atoms with Crippen molar-refractivity contribution in [2.24, 2.45) is 0 Å². The maximum absolute atomic E-state index is 13.4. The molecule has 1 saturated heterocycles. The van der Waals surface area contributed by atoms with Crippen molar-refractivity contribution < 1.29 is 9.59 Å². The van der Waals surface area contributed by atoms with E-state index in [1.54, 1.807) is 6.08 Å². The lowest BCUT2D eigenvalue weighted by molar-refractivity contribution is -0.122. The third-order valence-electron chi connectivity index (χ3n) is 6.34. The Morgan fingerprint density at radius 3 is 2.48 bits per heavy atom. The molecule has 4 rings (SSSR count). The quantitative estimate of drug-likeness (QED) is 0.392. The van der Waals surface area contributed by atoms with E-state index >= 15 is 0 Å². The van der Waals surface area contributed by atoms with Gasteiger partial charge in [-0.1, -0.05) is 18.2 Å². The standard InChI is InChI=1S/C27H29N3O2S/c1-7-29-23-12-17(3)19(13-21(23)18(4)15-27(29,5)6)14-22-24(31)28-26(33)30(25(22)32)20-10-8-9-16(2)11-20/h8-15H,7H2,1-6H3,(H,28,31,33)/b22-14-. The number of nitrogens with zero attached hydrogens (tertiary/aromatic N) is 2. The third-order valence-corrected chi connectivity index (χ3v) is 6.63. The van der Waals surface area contributed by atoms with E-state index in [-0.39, 0.29) is 16.2 Å². The van der Waals surface area contributed by atoms with Crippen molar-refractivity contribution >= 4 is 52.2 Å². The van der Waals surface area contributed by atoms with Gasteiger partial charge in [0.1, 0.15) is 5.57 Å². The van der Waals surface area contributed by atoms with Crippen molar-refractivity contribution in [1.82, 2.24) is 5.32 Å². The maximum atomic E-state index is 13.4. The zero-order valence-corrected chi connectivity index (χ0v) is 20.8. The highest BCUT2D eigenvalue weighted by Gasteiger charge is 2.35. The molecule has 0 unspecified atom stereocenters. The highest BCUT2D eigenvalue weighted by molar-refractivity contribution is 7.80. The van der Waals surface area contributed by atoms with Gasteiger partial charge < -0.3 is 4.90 Å². The summed E-state index contributed by atoms with van der Waals surface area (Å²) < 4.78 is 0. The normalized spacial score (nSPS) is 18.9. The van der Waals surface area contributed by atoms with E-state index in [1.165, 1.54) is 16.2 Å². The van der Waals surface area contributed by atoms with E-state index in [0.717, 1.165) is 28.8 Å². The van der Waals surface area contributed by atoms with Crippen LogP contribution in [0.25, 0.3) is 11.6 Å². The predicted molar refractivity (Wildman–Crippen MR) is 139 cm³/mol. The minimum Gasteiger partial charge on any atom is -0.363 e. The van der Waals surface area contributed by atoms with Crippen LogP contribution >= 0.6 is 12.2 Å². The van der Waals surface area contributed by atoms with Crippen LogP contribution in [-0.4, -0.2) is 29.0 Å². The maximum Gasteiger partial charge on any atom is 0.270 e. The average molecular weight is 460 g/mol. The molecule has 33 heavy (non-hydrogen) atoms. The zero-order valence-electron chi connectivity index (χ0n) is 19.9. The first kappa shape index (κ1) is 22.9. The van der Waals surface area contributed by atoms with Crippen molar-refractivity contribution in [3.63, 3.8) is 0 Å². The molecular formula is C27H29N3O2S. The topological polar surface area (TPSA) is 52.7 Å². The summed E-state index contributed by atoms with van der Waals surface area (Å²) in [6.07, 6.45) is 3.95. The molecule has 2 heterocycles. The monoisotopic (exact) mass is 459 g/mol. The Morgan fingerprint density at radius 1 is 1.09 bits per heavy atom. The molecule has 0 saturated carbocycles. The molecule has 0 atom stereocenters. The van der Waals surface area contributed by atoms with Gasteiger partial charge in [0.15, 0.2) is 5.11 Å². The van der Waals surface area contributed by atoms with Crippen molar-refractivity contribution in [3.05, 3.63) is 70.3 Å². The minimum absolute atomic E-state index is 0.0678. The fraction of sp³-hybridized carbons (Fsp3) is 0.296. The first-order valence-electron chi connectivity index (χ1n) is 11.1. The largest absolute Gasteiger partial charge is 0.363 e. The smallest absolute Gasteiger partial charge is 0.270 e. The Bertz CT molecular complexity index is 1260. The van der Waals surface area contributed by atoms with Gasteiger partial charge in [0.2, 0.25) is 0 Å². The molecule has 5 nitrogen and oxygen atoms in total. The summed E-state index contributed by atoms with van der Waals surface area (Å²) in [5.74, 6) is -0.898. The number of likely N-dealkylation sites (N-methyl/N-ethyl adjacent to an activating group) is 1. The summed E-state index contributed by atoms with van der Waals surface area (Å²) in [4.78, 5) is 29.9. The molecule has 2 aliphatic rings. The molecule has 2 aromatic carbocycles. The second kappa shape index (κ2) is 8.27. The Balaban J connectivity index is 1.80. The van der Waals surface area contributed by atoms with Crippen molar-refractivity contribution in [2.75, 3.05) is 16.3 Å². The Labute approximate surface area is 200 Å². The van der Waals surface area contributed by atoms with E-state index in [2.05, 4.69) is 56.1 Å². The lowest BCUT2D eigenvalue weighted by atomic mass is 9.86. The number of fused-ring (bicyclic) bond motifs is 1. The van der Waals surface area contributed by atoms with E-state index in [9.17, 15) is 9.59 Å². The summed E-state index contributed by atoms with van der Waals surface area (Å²) in [6.45, 7) is 13.5. The summed E-state index contributed by atoms with van der Waals surface area (Å²) in [6, 6.07) is 11.7. The summed E-state index contributed by atoms with van der Waals surface area (Å²) in [5.41, 5.74) is 6.93. The molecule has 1 fully saturated rings. The van der Waals surface area contributed by atoms with Crippen molar-refractivity contribution in [3.8, 4) is 0 Å². The third kappa shape index (κ3) is 4.00. The summed E-state index contributed by atoms with van der Waals surface area (Å²) in [7, 11) is 0. The van der Waals surface area contributed by atoms with Crippen LogP contribution in [0.15, 0.2) is 48.0 Å². The van der Waals surface area contributed by atoms with Crippen LogP contribution in [0.1, 0.15) is 49.9 Å². The number of benzene rings is 2. The Hall–Kier alpha value is -3.25. The van der Waals surface area contributed by atoms with Gasteiger partial charge in [0.05, 0.1) is 11.2 Å². The van der Waals surface area contributed by atoms with Gasteiger partial charge >= 0.3 is 0 Å². The molecule has 2 amide bonds. The molecule has 0 aliphatic carbocycles. The highest BCUT2D eigenvalue weighted by Crippen LogP contribution is 2.40. The van der Waals surface area contributed by atoms with Gasteiger partial charge in [-0.2, -0.15) is 0 Å². The first-order valence-corrected chi connectivity index (χ1v) is 11.5. The number of amides is 2. The molecule has 2 aromatic rings. The second-order valence-electron chi connectivity index (χ2n) is 9.25. The summed E-state index contributed by atoms with van der Waals surface area (Å²) in [5, 5.41) is 2.77. The molecule has 0 radical (unpaired) electrons. The number of anilines is 2. The van der Waals surface area contributed by atoms with E-state index in [4.69, 9.17) is 12.2 Å². The van der Waals surface area contributed by atoms with Gasteiger partial charge in [-0.25, -0.2) is 0 Å². The number of nitrogens with one attached hydrogen (secondary N) is 1. The van der Waals surface area contributed by atoms with Crippen LogP contribution < -0.4 is 15.1 Å². The number of allylic oxidation sites excluding steroid dienone is 1. The molecule has 1 N–H and O–H groups in total. The predicted octanol–water partition coefficient (Wildman–Crippen LogP) is 5.16. The molecule has 0 bridgehead atoms. The fourth-order valence-corrected chi connectivity index (χ4v) is 5.07. The lowest BCUT2D eigenvalue weighted by Crippen LogP contribution is -2.54. The molecule has 170 valence electrons. The van der Waals surface area contributed by atoms with Crippen molar-refractivity contribution in [1.29, 1.82) is 0 Å². The number of hydrogen-bond acceptors (Lipinski definition) is 4. The SMILES string of the molecule is CCN1c2cc(C)c(/C=C3/C(=O)NC(=S)N(c4cccc(C)c4)C3=O)cc2C(C)=CC1(C)C. The Kier molecular flexibility index (Phi) is 5.74. The number of thiocarbonyl (C=S) groups is 1. The van der Waals surface area contributed by atoms with Crippen LogP contribution in [0.4, 0.5) is 11.4 Å². The first-order chi connectivity index (χ1) is 15.5. The van der Waals surface area contributed by atoms with Crippen LogP contribution in [0.5, 0.6) is 0 Å². The van der Waals surface area contributed by atoms with Gasteiger partial charge in [-0.05, 0) is 106 Å². The Morgan fingerprint density at radius 2 is 1.82 bits per heavy atom. The van der Waals surface area contributed by atoms with Crippen LogP contribution in [0, 0.1) is 13.8 Å². The summed E-state index contributed by atoms with van der Waals surface area (Å²) >= 11 is 5.33. The molecule has 6 heteroatoms. The minimum atomic E-state index is -0.477. The highest BCUT2D eigenvalue weighted by atomic mass is 32.1. The second-order valence-corrected chi connectivity index (χ2v) is 9.63.